The summed E-state index contributed by atoms with van der Waals surface area (Å²) >= 11 is 0. The van der Waals surface area contributed by atoms with Crippen LogP contribution in [0, 0.1) is 18.8 Å². The monoisotopic (exact) mass is 732 g/mol. The fourth-order valence-electron chi connectivity index (χ4n) is 8.81. The number of aromatic nitrogens is 1. The van der Waals surface area contributed by atoms with Crippen molar-refractivity contribution < 1.29 is 28.6 Å². The standard InChI is InChI=1S/C40H56N6O7/c1-28-24-29(25-35-37(28)42(3)39(50)52-35)26-36(38(49)44-17-10-31(11-18-44)30-8-15-43(16-9-30)22-23-47)53-40(51)45-20-13-33(14-21-45)46(27-48)19-12-32-6-4-5-7-34(32)41-2/h4-7,24-25,27,30-31,33,36,41,47H,8-23,26H2,1-3H3/t36-/m1/s1. The van der Waals surface area contributed by atoms with E-state index in [4.69, 9.17) is 9.15 Å². The number of nitrogens with one attached hydrogen (secondary N) is 1. The van der Waals surface area contributed by atoms with Gasteiger partial charge in [0.1, 0.15) is 0 Å². The lowest BCUT2D eigenvalue weighted by Crippen LogP contribution is -2.50. The van der Waals surface area contributed by atoms with Crippen LogP contribution in [0.5, 0.6) is 0 Å². The van der Waals surface area contributed by atoms with Gasteiger partial charge < -0.3 is 39.2 Å². The first-order chi connectivity index (χ1) is 25.7. The molecule has 3 aromatic rings. The summed E-state index contributed by atoms with van der Waals surface area (Å²) < 4.78 is 13.1. The number of fused-ring (bicyclic) bond motifs is 1. The average molecular weight is 733 g/mol. The third kappa shape index (κ3) is 9.06. The number of oxazole rings is 1. The van der Waals surface area contributed by atoms with Crippen LogP contribution in [0.1, 0.15) is 55.2 Å². The number of amides is 3. The van der Waals surface area contributed by atoms with Gasteiger partial charge in [0.25, 0.3) is 5.91 Å². The fraction of sp³-hybridized carbons (Fsp3) is 0.600. The molecule has 2 aromatic carbocycles. The van der Waals surface area contributed by atoms with Gasteiger partial charge in [-0.05, 0) is 106 Å². The molecule has 0 spiro atoms. The van der Waals surface area contributed by atoms with Gasteiger partial charge in [-0.2, -0.15) is 0 Å². The molecule has 2 N–H and O–H groups in total. The van der Waals surface area contributed by atoms with Crippen molar-refractivity contribution in [2.45, 2.75) is 70.4 Å². The molecule has 3 aliphatic heterocycles. The number of rotatable bonds is 13. The number of hydrogen-bond donors (Lipinski definition) is 2. The zero-order valence-corrected chi connectivity index (χ0v) is 31.5. The van der Waals surface area contributed by atoms with Crippen LogP contribution in [0.25, 0.3) is 11.1 Å². The molecule has 3 saturated heterocycles. The second kappa shape index (κ2) is 17.6. The smallest absolute Gasteiger partial charge is 0.419 e. The van der Waals surface area contributed by atoms with Gasteiger partial charge in [0, 0.05) is 71.5 Å². The average Bonchev–Trinajstić information content (AvgIpc) is 3.47. The highest BCUT2D eigenvalue weighted by Gasteiger charge is 2.36. The molecule has 0 aliphatic carbocycles. The highest BCUT2D eigenvalue weighted by Crippen LogP contribution is 2.33. The molecule has 53 heavy (non-hydrogen) atoms. The van der Waals surface area contributed by atoms with Gasteiger partial charge in [0.15, 0.2) is 11.7 Å². The van der Waals surface area contributed by atoms with Crippen molar-refractivity contribution in [2.24, 2.45) is 18.9 Å². The first kappa shape index (κ1) is 38.4. The Morgan fingerprint density at radius 1 is 1.00 bits per heavy atom. The van der Waals surface area contributed by atoms with Crippen LogP contribution >= 0.6 is 0 Å². The molecule has 0 bridgehead atoms. The minimum absolute atomic E-state index is 0.00849. The summed E-state index contributed by atoms with van der Waals surface area (Å²) in [5, 5.41) is 12.5. The largest absolute Gasteiger partial charge is 0.436 e. The topological polar surface area (TPSA) is 141 Å². The molecule has 6 rings (SSSR count). The van der Waals surface area contributed by atoms with Gasteiger partial charge in [-0.25, -0.2) is 9.59 Å². The highest BCUT2D eigenvalue weighted by atomic mass is 16.6. The summed E-state index contributed by atoms with van der Waals surface area (Å²) in [6, 6.07) is 11.8. The molecule has 288 valence electrons. The van der Waals surface area contributed by atoms with E-state index in [1.165, 1.54) is 4.57 Å². The summed E-state index contributed by atoms with van der Waals surface area (Å²) in [7, 11) is 3.55. The zero-order valence-electron chi connectivity index (χ0n) is 31.5. The SMILES string of the molecule is CNc1ccccc1CCN(C=O)C1CCN(C(=O)O[C@H](Cc2cc(C)c3c(c2)oc(=O)n3C)C(=O)N2CCC(C3CCN(CCO)CC3)CC2)CC1. The van der Waals surface area contributed by atoms with E-state index in [0.717, 1.165) is 80.5 Å². The molecular formula is C40H56N6O7. The summed E-state index contributed by atoms with van der Waals surface area (Å²) in [6.07, 6.45) is 5.52. The number of nitrogens with zero attached hydrogens (tertiary/aromatic N) is 5. The van der Waals surface area contributed by atoms with Crippen molar-refractivity contribution in [3.8, 4) is 0 Å². The Bertz CT molecular complexity index is 1770. The molecule has 3 aliphatic rings. The quantitative estimate of drug-likeness (QED) is 0.252. The van der Waals surface area contributed by atoms with E-state index >= 15 is 0 Å². The number of anilines is 1. The number of piperidine rings is 3. The maximum absolute atomic E-state index is 14.2. The molecule has 1 atom stereocenters. The van der Waals surface area contributed by atoms with Gasteiger partial charge in [-0.3, -0.25) is 14.2 Å². The van der Waals surface area contributed by atoms with E-state index < -0.39 is 18.0 Å². The molecule has 3 amide bonds. The van der Waals surface area contributed by atoms with Crippen molar-refractivity contribution in [2.75, 3.05) is 71.3 Å². The lowest BCUT2D eigenvalue weighted by Gasteiger charge is -2.41. The van der Waals surface area contributed by atoms with Crippen LogP contribution in [-0.2, 0) is 34.2 Å². The molecule has 4 heterocycles. The number of benzene rings is 2. The van der Waals surface area contributed by atoms with Gasteiger partial charge in [0.2, 0.25) is 6.41 Å². The molecular weight excluding hydrogens is 676 g/mol. The van der Waals surface area contributed by atoms with Crippen molar-refractivity contribution in [3.63, 3.8) is 0 Å². The van der Waals surface area contributed by atoms with Crippen molar-refractivity contribution in [3.05, 3.63) is 63.6 Å². The van der Waals surface area contributed by atoms with Gasteiger partial charge >= 0.3 is 11.8 Å². The Morgan fingerprint density at radius 3 is 2.32 bits per heavy atom. The number of aryl methyl sites for hydroxylation is 2. The van der Waals surface area contributed by atoms with Crippen LogP contribution < -0.4 is 11.1 Å². The van der Waals surface area contributed by atoms with E-state index in [1.54, 1.807) is 18.0 Å². The van der Waals surface area contributed by atoms with Crippen molar-refractivity contribution >= 4 is 35.2 Å². The number of carbonyl (C=O) groups is 3. The summed E-state index contributed by atoms with van der Waals surface area (Å²) in [5.74, 6) is 0.507. The molecule has 0 radical (unpaired) electrons. The van der Waals surface area contributed by atoms with Gasteiger partial charge in [0.05, 0.1) is 12.1 Å². The third-order valence-corrected chi connectivity index (χ3v) is 11.9. The first-order valence-electron chi connectivity index (χ1n) is 19.3. The van der Waals surface area contributed by atoms with Crippen LogP contribution in [-0.4, -0.2) is 126 Å². The van der Waals surface area contributed by atoms with E-state index in [9.17, 15) is 24.3 Å². The number of hydrogen-bond acceptors (Lipinski definition) is 9. The molecule has 0 unspecified atom stereocenters. The summed E-state index contributed by atoms with van der Waals surface area (Å²) in [4.78, 5) is 60.0. The molecule has 0 saturated carbocycles. The lowest BCUT2D eigenvalue weighted by atomic mass is 9.78. The van der Waals surface area contributed by atoms with E-state index in [-0.39, 0.29) is 25.0 Å². The number of aliphatic hydroxyl groups is 1. The number of carbonyl (C=O) groups excluding carboxylic acids is 3. The second-order valence-corrected chi connectivity index (χ2v) is 15.0. The number of β-amino-alcohol motifs (C(OH)–C–C–N with tert-alkyl or cyclic N) is 1. The predicted octanol–water partition coefficient (Wildman–Crippen LogP) is 3.64. The third-order valence-electron chi connectivity index (χ3n) is 11.9. The number of para-hydroxylation sites is 1. The minimum atomic E-state index is -1.04. The van der Waals surface area contributed by atoms with E-state index in [2.05, 4.69) is 16.3 Å². The second-order valence-electron chi connectivity index (χ2n) is 15.0. The Morgan fingerprint density at radius 2 is 1.66 bits per heavy atom. The molecule has 3 fully saturated rings. The highest BCUT2D eigenvalue weighted by molar-refractivity contribution is 5.84. The van der Waals surface area contributed by atoms with E-state index in [1.807, 2.05) is 48.0 Å². The van der Waals surface area contributed by atoms with Crippen LogP contribution in [0.3, 0.4) is 0 Å². The first-order valence-corrected chi connectivity index (χ1v) is 19.3. The number of ether oxygens (including phenoxy) is 1. The predicted molar refractivity (Wildman–Crippen MR) is 203 cm³/mol. The minimum Gasteiger partial charge on any atom is -0.436 e. The maximum atomic E-state index is 14.2. The Balaban J connectivity index is 1.09. The normalized spacial score (nSPS) is 18.6. The molecule has 13 nitrogen and oxygen atoms in total. The maximum Gasteiger partial charge on any atom is 0.419 e. The zero-order chi connectivity index (χ0) is 37.5. The number of likely N-dealkylation sites (tertiary alicyclic amines) is 3. The van der Waals surface area contributed by atoms with Crippen LogP contribution in [0.15, 0.2) is 45.6 Å². The van der Waals surface area contributed by atoms with Crippen molar-refractivity contribution in [1.82, 2.24) is 24.2 Å². The summed E-state index contributed by atoms with van der Waals surface area (Å²) in [5.41, 5.74) is 4.91. The Labute approximate surface area is 311 Å². The van der Waals surface area contributed by atoms with E-state index in [0.29, 0.717) is 68.5 Å². The van der Waals surface area contributed by atoms with Crippen LogP contribution in [0.2, 0.25) is 0 Å². The molecule has 13 heteroatoms. The number of aliphatic hydroxyl groups excluding tert-OH is 1. The fourth-order valence-corrected chi connectivity index (χ4v) is 8.81. The van der Waals surface area contributed by atoms with Gasteiger partial charge in [-0.1, -0.05) is 24.3 Å². The Kier molecular flexibility index (Phi) is 12.8. The van der Waals surface area contributed by atoms with Crippen LogP contribution in [0.4, 0.5) is 10.5 Å². The summed E-state index contributed by atoms with van der Waals surface area (Å²) in [6.45, 7) is 7.48. The lowest BCUT2D eigenvalue weighted by molar-refractivity contribution is -0.142. The molecule has 1 aromatic heterocycles. The van der Waals surface area contributed by atoms with Gasteiger partial charge in [-0.15, -0.1) is 0 Å². The Hall–Kier alpha value is -4.36. The van der Waals surface area contributed by atoms with Crippen molar-refractivity contribution in [1.29, 1.82) is 0 Å².